The van der Waals surface area contributed by atoms with Gasteiger partial charge >= 0.3 is 5.97 Å². The number of carbonyl (C=O) groups is 2. The lowest BCUT2D eigenvalue weighted by molar-refractivity contribution is -0.160. The minimum absolute atomic E-state index is 0.0961. The van der Waals surface area contributed by atoms with Gasteiger partial charge in [0.15, 0.2) is 6.73 Å². The van der Waals surface area contributed by atoms with Gasteiger partial charge in [0.1, 0.15) is 17.6 Å². The molecule has 106 valence electrons. The number of carbonyl (C=O) groups excluding carboxylic acids is 1. The summed E-state index contributed by atoms with van der Waals surface area (Å²) in [7, 11) is 0. The number of amides is 1. The van der Waals surface area contributed by atoms with Gasteiger partial charge in [-0.3, -0.25) is 9.69 Å². The van der Waals surface area contributed by atoms with Gasteiger partial charge in [-0.05, 0) is 20.8 Å². The van der Waals surface area contributed by atoms with Crippen LogP contribution in [0.1, 0.15) is 26.3 Å². The van der Waals surface area contributed by atoms with Crippen LogP contribution >= 0.6 is 0 Å². The van der Waals surface area contributed by atoms with Gasteiger partial charge in [0.25, 0.3) is 5.91 Å². The van der Waals surface area contributed by atoms with E-state index in [1.54, 1.807) is 6.92 Å². The maximum absolute atomic E-state index is 12.6. The van der Waals surface area contributed by atoms with Gasteiger partial charge in [0.05, 0.1) is 5.57 Å². The fourth-order valence-electron chi connectivity index (χ4n) is 1.86. The molecule has 1 aromatic rings. The van der Waals surface area contributed by atoms with Crippen LogP contribution in [0.3, 0.4) is 0 Å². The van der Waals surface area contributed by atoms with Crippen LogP contribution in [0.5, 0.6) is 0 Å². The van der Waals surface area contributed by atoms with Crippen LogP contribution in [0.4, 0.5) is 0 Å². The molecule has 7 heteroatoms. The van der Waals surface area contributed by atoms with E-state index in [1.807, 2.05) is 0 Å². The first-order chi connectivity index (χ1) is 9.35. The van der Waals surface area contributed by atoms with Crippen LogP contribution in [0, 0.1) is 0 Å². The molecule has 1 amide bonds. The number of rotatable bonds is 3. The van der Waals surface area contributed by atoms with E-state index in [1.165, 1.54) is 37.5 Å². The quantitative estimate of drug-likeness (QED) is 0.882. The van der Waals surface area contributed by atoms with Crippen molar-refractivity contribution in [2.24, 2.45) is 0 Å². The van der Waals surface area contributed by atoms with Crippen LogP contribution in [-0.4, -0.2) is 44.1 Å². The third-order valence-electron chi connectivity index (χ3n) is 3.27. The van der Waals surface area contributed by atoms with Gasteiger partial charge < -0.3 is 9.84 Å². The van der Waals surface area contributed by atoms with Gasteiger partial charge in [0, 0.05) is 18.0 Å². The van der Waals surface area contributed by atoms with Crippen molar-refractivity contribution in [3.63, 3.8) is 0 Å². The van der Waals surface area contributed by atoms with E-state index >= 15 is 0 Å². The van der Waals surface area contributed by atoms with E-state index in [9.17, 15) is 14.7 Å². The van der Waals surface area contributed by atoms with Crippen molar-refractivity contribution in [3.05, 3.63) is 30.0 Å². The number of hydrogen-bond donors (Lipinski definition) is 1. The summed E-state index contributed by atoms with van der Waals surface area (Å²) in [5, 5.41) is 9.24. The van der Waals surface area contributed by atoms with E-state index in [-0.39, 0.29) is 12.3 Å². The topological polar surface area (TPSA) is 92.6 Å². The first-order valence-corrected chi connectivity index (χ1v) is 6.00. The van der Waals surface area contributed by atoms with Crippen molar-refractivity contribution in [1.29, 1.82) is 0 Å². The highest BCUT2D eigenvalue weighted by Crippen LogP contribution is 2.29. The second kappa shape index (κ2) is 4.92. The van der Waals surface area contributed by atoms with Crippen molar-refractivity contribution in [2.45, 2.75) is 26.3 Å². The molecule has 0 spiro atoms. The second-order valence-corrected chi connectivity index (χ2v) is 4.93. The molecule has 1 aliphatic rings. The highest BCUT2D eigenvalue weighted by molar-refractivity contribution is 6.21. The third kappa shape index (κ3) is 2.22. The maximum atomic E-state index is 12.6. The number of allylic oxidation sites excluding steroid dienone is 1. The Bertz CT molecular complexity index is 581. The first kappa shape index (κ1) is 14.0. The molecule has 0 atom stereocenters. The molecule has 0 aromatic carbocycles. The number of aliphatic carboxylic acids is 1. The summed E-state index contributed by atoms with van der Waals surface area (Å²) in [5.41, 5.74) is -0.578. The lowest BCUT2D eigenvalue weighted by Gasteiger charge is -2.38. The normalized spacial score (nSPS) is 16.1. The average Bonchev–Trinajstić information content (AvgIpc) is 2.39. The molecule has 0 saturated carbocycles. The largest absolute Gasteiger partial charge is 0.480 e. The Kier molecular flexibility index (Phi) is 3.44. The van der Waals surface area contributed by atoms with E-state index in [4.69, 9.17) is 4.74 Å². The molecule has 0 aliphatic carbocycles. The van der Waals surface area contributed by atoms with Gasteiger partial charge in [-0.15, -0.1) is 0 Å². The van der Waals surface area contributed by atoms with E-state index < -0.39 is 17.4 Å². The molecule has 20 heavy (non-hydrogen) atoms. The molecule has 0 fully saturated rings. The summed E-state index contributed by atoms with van der Waals surface area (Å²) in [6, 6.07) is 0. The second-order valence-electron chi connectivity index (χ2n) is 4.93. The van der Waals surface area contributed by atoms with E-state index in [0.717, 1.165) is 0 Å². The molecule has 1 aromatic heterocycles. The zero-order valence-corrected chi connectivity index (χ0v) is 11.5. The minimum Gasteiger partial charge on any atom is -0.480 e. The molecule has 0 saturated heterocycles. The fraction of sp³-hybridized carbons (Fsp3) is 0.385. The SMILES string of the molecule is CC1=C(c2cncnc2)C(=O)N(C(C)(C)C(=O)O)CO1. The predicted octanol–water partition coefficient (Wildman–Crippen LogP) is 0.887. The Morgan fingerprint density at radius 1 is 1.40 bits per heavy atom. The number of ether oxygens (including phenoxy) is 1. The molecular formula is C13H15N3O4. The van der Waals surface area contributed by atoms with Crippen LogP contribution in [0.2, 0.25) is 0 Å². The number of carboxylic acids is 1. The molecule has 0 unspecified atom stereocenters. The summed E-state index contributed by atoms with van der Waals surface area (Å²) in [6.07, 6.45) is 4.33. The molecule has 0 bridgehead atoms. The zero-order valence-electron chi connectivity index (χ0n) is 11.5. The van der Waals surface area contributed by atoms with Crippen LogP contribution in [-0.2, 0) is 14.3 Å². The smallest absolute Gasteiger partial charge is 0.329 e. The highest BCUT2D eigenvalue weighted by atomic mass is 16.5. The van der Waals surface area contributed by atoms with Crippen molar-refractivity contribution in [3.8, 4) is 0 Å². The summed E-state index contributed by atoms with van der Waals surface area (Å²) < 4.78 is 5.43. The van der Waals surface area contributed by atoms with Gasteiger partial charge in [-0.25, -0.2) is 14.8 Å². The molecule has 0 radical (unpaired) electrons. The lowest BCUT2D eigenvalue weighted by atomic mass is 9.99. The molecule has 2 heterocycles. The molecule has 7 nitrogen and oxygen atoms in total. The Labute approximate surface area is 115 Å². The fourth-order valence-corrected chi connectivity index (χ4v) is 1.86. The third-order valence-corrected chi connectivity index (χ3v) is 3.27. The molecule has 1 N–H and O–H groups in total. The summed E-state index contributed by atoms with van der Waals surface area (Å²) in [4.78, 5) is 32.8. The lowest BCUT2D eigenvalue weighted by Crippen LogP contribution is -2.55. The van der Waals surface area contributed by atoms with Crippen LogP contribution < -0.4 is 0 Å². The molecule has 2 rings (SSSR count). The summed E-state index contributed by atoms with van der Waals surface area (Å²) in [5.74, 6) is -1.07. The summed E-state index contributed by atoms with van der Waals surface area (Å²) in [6.45, 7) is 4.47. The van der Waals surface area contributed by atoms with Gasteiger partial charge in [-0.1, -0.05) is 0 Å². The average molecular weight is 277 g/mol. The monoisotopic (exact) mass is 277 g/mol. The van der Waals surface area contributed by atoms with Gasteiger partial charge in [-0.2, -0.15) is 0 Å². The van der Waals surface area contributed by atoms with Crippen molar-refractivity contribution in [1.82, 2.24) is 14.9 Å². The number of carboxylic acid groups (broad SMARTS) is 1. The van der Waals surface area contributed by atoms with Crippen molar-refractivity contribution < 1.29 is 19.4 Å². The number of nitrogens with zero attached hydrogens (tertiary/aromatic N) is 3. The standard InChI is InChI=1S/C13H15N3O4/c1-8-10(9-4-14-6-15-5-9)11(17)16(7-20-8)13(2,3)12(18)19/h4-6H,7H2,1-3H3,(H,18,19). The number of hydrogen-bond acceptors (Lipinski definition) is 5. The Hall–Kier alpha value is -2.44. The summed E-state index contributed by atoms with van der Waals surface area (Å²) >= 11 is 0. The Balaban J connectivity index is 2.44. The van der Waals surface area contributed by atoms with Crippen molar-refractivity contribution in [2.75, 3.05) is 6.73 Å². The predicted molar refractivity (Wildman–Crippen MR) is 69.1 cm³/mol. The van der Waals surface area contributed by atoms with E-state index in [0.29, 0.717) is 11.3 Å². The zero-order chi connectivity index (χ0) is 14.9. The molecular weight excluding hydrogens is 262 g/mol. The Morgan fingerprint density at radius 2 is 2.00 bits per heavy atom. The van der Waals surface area contributed by atoms with E-state index in [2.05, 4.69) is 9.97 Å². The van der Waals surface area contributed by atoms with Crippen molar-refractivity contribution >= 4 is 17.4 Å². The molecule has 1 aliphatic heterocycles. The first-order valence-electron chi connectivity index (χ1n) is 6.00. The number of aromatic nitrogens is 2. The van der Waals surface area contributed by atoms with Crippen LogP contribution in [0.15, 0.2) is 24.5 Å². The van der Waals surface area contributed by atoms with Gasteiger partial charge in [0.2, 0.25) is 0 Å². The Morgan fingerprint density at radius 3 is 2.55 bits per heavy atom. The highest BCUT2D eigenvalue weighted by Gasteiger charge is 2.42. The van der Waals surface area contributed by atoms with Crippen LogP contribution in [0.25, 0.3) is 5.57 Å². The maximum Gasteiger partial charge on any atom is 0.329 e. The minimum atomic E-state index is -1.36.